The van der Waals surface area contributed by atoms with Crippen molar-refractivity contribution in [2.75, 3.05) is 7.05 Å². The van der Waals surface area contributed by atoms with E-state index in [1.165, 1.54) is 0 Å². The SMILES string of the molecule is CCc1ccc2oc3c(c(=O)c2c1)C(c1ccncc1)N(C)C3=O. The second-order valence-electron chi connectivity index (χ2n) is 5.96. The highest BCUT2D eigenvalue weighted by atomic mass is 16.3. The smallest absolute Gasteiger partial charge is 0.290 e. The van der Waals surface area contributed by atoms with E-state index in [-0.39, 0.29) is 17.1 Å². The number of benzene rings is 1. The molecule has 0 bridgehead atoms. The third kappa shape index (κ3) is 1.98. The molecule has 1 atom stereocenters. The van der Waals surface area contributed by atoms with Crippen molar-refractivity contribution in [2.45, 2.75) is 19.4 Å². The first-order valence-corrected chi connectivity index (χ1v) is 7.88. The molecule has 24 heavy (non-hydrogen) atoms. The van der Waals surface area contributed by atoms with Gasteiger partial charge in [-0.15, -0.1) is 0 Å². The third-order valence-electron chi connectivity index (χ3n) is 4.60. The van der Waals surface area contributed by atoms with Crippen molar-refractivity contribution in [2.24, 2.45) is 0 Å². The second-order valence-corrected chi connectivity index (χ2v) is 5.96. The fourth-order valence-corrected chi connectivity index (χ4v) is 3.29. The first-order chi connectivity index (χ1) is 11.6. The molecule has 2 aromatic heterocycles. The van der Waals surface area contributed by atoms with Gasteiger partial charge in [0.1, 0.15) is 5.58 Å². The number of rotatable bonds is 2. The molecule has 1 aliphatic heterocycles. The Bertz CT molecular complexity index is 1010. The minimum atomic E-state index is -0.443. The van der Waals surface area contributed by atoms with Crippen LogP contribution >= 0.6 is 0 Å². The number of nitrogens with zero attached hydrogens (tertiary/aromatic N) is 2. The van der Waals surface area contributed by atoms with E-state index in [1.54, 1.807) is 30.4 Å². The number of pyridine rings is 1. The number of aromatic nitrogens is 1. The molecule has 1 aromatic carbocycles. The number of hydrogen-bond acceptors (Lipinski definition) is 4. The van der Waals surface area contributed by atoms with Gasteiger partial charge in [0.15, 0.2) is 5.43 Å². The van der Waals surface area contributed by atoms with Crippen LogP contribution in [0.15, 0.2) is 51.9 Å². The van der Waals surface area contributed by atoms with Crippen molar-refractivity contribution in [1.29, 1.82) is 0 Å². The van der Waals surface area contributed by atoms with Gasteiger partial charge in [0.2, 0.25) is 5.76 Å². The van der Waals surface area contributed by atoms with Gasteiger partial charge in [-0.25, -0.2) is 0 Å². The summed E-state index contributed by atoms with van der Waals surface area (Å²) in [5.74, 6) is -0.133. The zero-order valence-corrected chi connectivity index (χ0v) is 13.4. The highest BCUT2D eigenvalue weighted by Crippen LogP contribution is 2.36. The van der Waals surface area contributed by atoms with Crippen molar-refractivity contribution in [3.05, 3.63) is 75.4 Å². The Balaban J connectivity index is 2.04. The van der Waals surface area contributed by atoms with Crippen LogP contribution in [-0.2, 0) is 6.42 Å². The second kappa shape index (κ2) is 5.30. The standard InChI is InChI=1S/C19H16N2O3/c1-3-11-4-5-14-13(10-11)17(22)15-16(12-6-8-20-9-7-12)21(2)19(23)18(15)24-14/h4-10,16H,3H2,1-2H3. The first kappa shape index (κ1) is 14.6. The molecule has 0 aliphatic carbocycles. The zero-order valence-electron chi connectivity index (χ0n) is 13.4. The average molecular weight is 320 g/mol. The van der Waals surface area contributed by atoms with Crippen LogP contribution < -0.4 is 5.43 Å². The molecule has 1 aliphatic rings. The molecule has 1 amide bonds. The number of carbonyl (C=O) groups excluding carboxylic acids is 1. The van der Waals surface area contributed by atoms with Crippen molar-refractivity contribution < 1.29 is 9.21 Å². The molecule has 120 valence electrons. The van der Waals surface area contributed by atoms with Gasteiger partial charge in [0, 0.05) is 19.4 Å². The molecule has 0 N–H and O–H groups in total. The minimum Gasteiger partial charge on any atom is -0.450 e. The normalized spacial score (nSPS) is 16.7. The molecule has 3 heterocycles. The molecule has 5 nitrogen and oxygen atoms in total. The van der Waals surface area contributed by atoms with Crippen LogP contribution in [-0.4, -0.2) is 22.8 Å². The van der Waals surface area contributed by atoms with Crippen molar-refractivity contribution >= 4 is 16.9 Å². The molecule has 0 spiro atoms. The van der Waals surface area contributed by atoms with E-state index in [2.05, 4.69) is 4.98 Å². The maximum Gasteiger partial charge on any atom is 0.290 e. The Morgan fingerprint density at radius 2 is 1.92 bits per heavy atom. The van der Waals surface area contributed by atoms with Crippen LogP contribution in [0.4, 0.5) is 0 Å². The Kier molecular flexibility index (Phi) is 3.23. The topological polar surface area (TPSA) is 63.4 Å². The van der Waals surface area contributed by atoms with E-state index in [4.69, 9.17) is 4.42 Å². The lowest BCUT2D eigenvalue weighted by molar-refractivity contribution is 0.0771. The van der Waals surface area contributed by atoms with E-state index in [9.17, 15) is 9.59 Å². The fraction of sp³-hybridized carbons (Fsp3) is 0.211. The molecule has 0 saturated heterocycles. The maximum atomic E-state index is 13.1. The molecule has 0 saturated carbocycles. The molecule has 4 rings (SSSR count). The number of amides is 1. The summed E-state index contributed by atoms with van der Waals surface area (Å²) in [6.07, 6.45) is 4.14. The number of fused-ring (bicyclic) bond motifs is 2. The Morgan fingerprint density at radius 3 is 2.62 bits per heavy atom. The van der Waals surface area contributed by atoms with E-state index in [1.807, 2.05) is 31.2 Å². The van der Waals surface area contributed by atoms with Crippen LogP contribution in [0.25, 0.3) is 11.0 Å². The number of carbonyl (C=O) groups is 1. The molecular formula is C19H16N2O3. The first-order valence-electron chi connectivity index (χ1n) is 7.88. The van der Waals surface area contributed by atoms with Gasteiger partial charge in [-0.1, -0.05) is 13.0 Å². The summed E-state index contributed by atoms with van der Waals surface area (Å²) in [7, 11) is 1.69. The highest BCUT2D eigenvalue weighted by Gasteiger charge is 2.40. The van der Waals surface area contributed by atoms with Gasteiger partial charge in [-0.05, 0) is 41.8 Å². The average Bonchev–Trinajstić information content (AvgIpc) is 2.87. The molecule has 0 fully saturated rings. The lowest BCUT2D eigenvalue weighted by Gasteiger charge is -2.19. The summed E-state index contributed by atoms with van der Waals surface area (Å²) in [5.41, 5.74) is 2.63. The number of aryl methyl sites for hydroxylation is 1. The van der Waals surface area contributed by atoms with Crippen molar-refractivity contribution in [3.63, 3.8) is 0 Å². The summed E-state index contributed by atoms with van der Waals surface area (Å²) in [6.45, 7) is 2.03. The zero-order chi connectivity index (χ0) is 16.8. The molecule has 3 aromatic rings. The van der Waals surface area contributed by atoms with E-state index in [0.717, 1.165) is 17.5 Å². The van der Waals surface area contributed by atoms with Crippen LogP contribution in [0.5, 0.6) is 0 Å². The Labute approximate surface area is 138 Å². The van der Waals surface area contributed by atoms with Crippen LogP contribution in [0, 0.1) is 0 Å². The quantitative estimate of drug-likeness (QED) is 0.728. The van der Waals surface area contributed by atoms with Crippen molar-refractivity contribution in [3.8, 4) is 0 Å². The lowest BCUT2D eigenvalue weighted by atomic mass is 9.99. The van der Waals surface area contributed by atoms with Gasteiger partial charge in [0.25, 0.3) is 5.91 Å². The van der Waals surface area contributed by atoms with E-state index >= 15 is 0 Å². The van der Waals surface area contributed by atoms with Gasteiger partial charge in [-0.3, -0.25) is 14.6 Å². The Morgan fingerprint density at radius 1 is 1.17 bits per heavy atom. The molecular weight excluding hydrogens is 304 g/mol. The maximum absolute atomic E-state index is 13.1. The summed E-state index contributed by atoms with van der Waals surface area (Å²) in [6, 6.07) is 8.73. The summed E-state index contributed by atoms with van der Waals surface area (Å²) in [4.78, 5) is 31.2. The summed E-state index contributed by atoms with van der Waals surface area (Å²) < 4.78 is 5.81. The van der Waals surface area contributed by atoms with Crippen molar-refractivity contribution in [1.82, 2.24) is 9.88 Å². The third-order valence-corrected chi connectivity index (χ3v) is 4.60. The van der Waals surface area contributed by atoms with Gasteiger partial charge in [0.05, 0.1) is 17.0 Å². The van der Waals surface area contributed by atoms with Crippen LogP contribution in [0.2, 0.25) is 0 Å². The van der Waals surface area contributed by atoms with Gasteiger partial charge in [-0.2, -0.15) is 0 Å². The fourth-order valence-electron chi connectivity index (χ4n) is 3.29. The predicted octanol–water partition coefficient (Wildman–Crippen LogP) is 2.93. The number of hydrogen-bond donors (Lipinski definition) is 0. The summed E-state index contributed by atoms with van der Waals surface area (Å²) in [5, 5.41) is 0.523. The van der Waals surface area contributed by atoms with E-state index < -0.39 is 6.04 Å². The molecule has 5 heteroatoms. The predicted molar refractivity (Wildman–Crippen MR) is 90.0 cm³/mol. The molecule has 0 radical (unpaired) electrons. The van der Waals surface area contributed by atoms with Crippen LogP contribution in [0.1, 0.15) is 40.2 Å². The van der Waals surface area contributed by atoms with Gasteiger partial charge >= 0.3 is 0 Å². The lowest BCUT2D eigenvalue weighted by Crippen LogP contribution is -2.25. The van der Waals surface area contributed by atoms with E-state index in [0.29, 0.717) is 16.5 Å². The highest BCUT2D eigenvalue weighted by molar-refractivity contribution is 5.98. The van der Waals surface area contributed by atoms with Crippen LogP contribution in [0.3, 0.4) is 0 Å². The summed E-state index contributed by atoms with van der Waals surface area (Å²) >= 11 is 0. The molecule has 1 unspecified atom stereocenters. The monoisotopic (exact) mass is 320 g/mol. The largest absolute Gasteiger partial charge is 0.450 e. The van der Waals surface area contributed by atoms with Gasteiger partial charge < -0.3 is 9.32 Å². The minimum absolute atomic E-state index is 0.138. The Hall–Kier alpha value is -2.95.